The molecule has 0 saturated heterocycles. The predicted molar refractivity (Wildman–Crippen MR) is 116 cm³/mol. The summed E-state index contributed by atoms with van der Waals surface area (Å²) in [5, 5.41) is 3.29. The largest absolute Gasteiger partial charge is 0.465 e. The highest BCUT2D eigenvalue weighted by atomic mass is 19.1. The van der Waals surface area contributed by atoms with Crippen LogP contribution in [-0.2, 0) is 35.6 Å². The molecule has 0 atom stereocenters. The van der Waals surface area contributed by atoms with Crippen molar-refractivity contribution in [3.63, 3.8) is 0 Å². The first-order valence-corrected chi connectivity index (χ1v) is 10.2. The van der Waals surface area contributed by atoms with Gasteiger partial charge in [0.2, 0.25) is 5.91 Å². The average molecular weight is 439 g/mol. The predicted octanol–water partition coefficient (Wildman–Crippen LogP) is 2.27. The topological polar surface area (TPSA) is 112 Å². The molecule has 2 aromatic heterocycles. The van der Waals surface area contributed by atoms with Gasteiger partial charge < -0.3 is 20.4 Å². The van der Waals surface area contributed by atoms with Gasteiger partial charge in [0.15, 0.2) is 0 Å². The third-order valence-corrected chi connectivity index (χ3v) is 4.92. The van der Waals surface area contributed by atoms with Crippen molar-refractivity contribution < 1.29 is 18.7 Å². The molecular weight excluding hydrogens is 413 g/mol. The number of nitrogens with one attached hydrogen (secondary N) is 1. The van der Waals surface area contributed by atoms with E-state index in [1.165, 1.54) is 19.2 Å². The fraction of sp³-hybridized carbons (Fsp3) is 0.304. The summed E-state index contributed by atoms with van der Waals surface area (Å²) in [7, 11) is 1.34. The number of halogens is 1. The first-order chi connectivity index (χ1) is 15.4. The van der Waals surface area contributed by atoms with Crippen LogP contribution < -0.4 is 11.1 Å². The van der Waals surface area contributed by atoms with Gasteiger partial charge in [-0.25, -0.2) is 14.2 Å². The van der Waals surface area contributed by atoms with Gasteiger partial charge in [0.25, 0.3) is 0 Å². The lowest BCUT2D eigenvalue weighted by Gasteiger charge is -2.13. The van der Waals surface area contributed by atoms with Crippen LogP contribution in [0.2, 0.25) is 0 Å². The van der Waals surface area contributed by atoms with Gasteiger partial charge in [0.1, 0.15) is 11.6 Å². The Morgan fingerprint density at radius 2 is 1.94 bits per heavy atom. The molecule has 0 radical (unpaired) electrons. The molecule has 0 spiro atoms. The Labute approximate surface area is 185 Å². The van der Waals surface area contributed by atoms with Crippen LogP contribution in [0.3, 0.4) is 0 Å². The van der Waals surface area contributed by atoms with Gasteiger partial charge in [0, 0.05) is 37.1 Å². The number of aryl methyl sites for hydroxylation is 2. The van der Waals surface area contributed by atoms with Gasteiger partial charge in [-0.3, -0.25) is 9.78 Å². The Hall–Kier alpha value is -3.59. The van der Waals surface area contributed by atoms with E-state index in [2.05, 4.69) is 15.3 Å². The zero-order valence-corrected chi connectivity index (χ0v) is 18.1. The zero-order valence-electron chi connectivity index (χ0n) is 18.1. The van der Waals surface area contributed by atoms with Crippen LogP contribution >= 0.6 is 0 Å². The van der Waals surface area contributed by atoms with Crippen LogP contribution in [0.1, 0.15) is 45.2 Å². The lowest BCUT2D eigenvalue weighted by Crippen LogP contribution is -2.20. The van der Waals surface area contributed by atoms with E-state index in [0.717, 1.165) is 22.8 Å². The number of methoxy groups -OCH3 is 1. The molecule has 3 rings (SSSR count). The summed E-state index contributed by atoms with van der Waals surface area (Å²) in [4.78, 5) is 32.0. The minimum Gasteiger partial charge on any atom is -0.465 e. The molecule has 0 aliphatic rings. The third kappa shape index (κ3) is 6.21. The lowest BCUT2D eigenvalue weighted by atomic mass is 10.2. The van der Waals surface area contributed by atoms with Crippen LogP contribution in [0.25, 0.3) is 0 Å². The molecule has 9 heteroatoms. The minimum absolute atomic E-state index is 0.214. The fourth-order valence-corrected chi connectivity index (χ4v) is 3.38. The van der Waals surface area contributed by atoms with E-state index in [0.29, 0.717) is 37.3 Å². The second kappa shape index (κ2) is 10.6. The van der Waals surface area contributed by atoms with E-state index < -0.39 is 5.97 Å². The van der Waals surface area contributed by atoms with Gasteiger partial charge in [-0.2, -0.15) is 0 Å². The number of pyridine rings is 1. The molecule has 168 valence electrons. The molecule has 1 aromatic carbocycles. The number of nitrogens with zero attached hydrogens (tertiary/aromatic N) is 3. The van der Waals surface area contributed by atoms with Crippen molar-refractivity contribution in [3.8, 4) is 0 Å². The number of hydrogen-bond acceptors (Lipinski definition) is 6. The van der Waals surface area contributed by atoms with E-state index in [4.69, 9.17) is 10.5 Å². The lowest BCUT2D eigenvalue weighted by molar-refractivity contribution is -0.118. The van der Waals surface area contributed by atoms with Gasteiger partial charge in [-0.1, -0.05) is 12.1 Å². The van der Waals surface area contributed by atoms with E-state index in [1.807, 2.05) is 11.5 Å². The number of carbonyl (C=O) groups is 2. The molecule has 0 aliphatic carbocycles. The Balaban J connectivity index is 1.74. The standard InChI is InChI=1S/C23H26FN5O3/c1-15-9-17(23(31)32-2)10-19(28-15)11-26-13-22-27-12-20(7-8-21(25)30)29(22)14-16-3-5-18(24)6-4-16/h3-6,9-10,12,26H,7-8,11,13-14H2,1-2H3,(H2,25,30). The third-order valence-electron chi connectivity index (χ3n) is 4.92. The van der Waals surface area contributed by atoms with Crippen LogP contribution in [0.5, 0.6) is 0 Å². The van der Waals surface area contributed by atoms with Gasteiger partial charge in [-0.05, 0) is 43.2 Å². The highest BCUT2D eigenvalue weighted by molar-refractivity contribution is 5.89. The summed E-state index contributed by atoms with van der Waals surface area (Å²) in [6, 6.07) is 9.63. The van der Waals surface area contributed by atoms with Crippen LogP contribution in [0.15, 0.2) is 42.6 Å². The van der Waals surface area contributed by atoms with Crippen molar-refractivity contribution in [2.45, 2.75) is 39.4 Å². The monoisotopic (exact) mass is 439 g/mol. The highest BCUT2D eigenvalue weighted by Crippen LogP contribution is 2.14. The Morgan fingerprint density at radius 3 is 2.62 bits per heavy atom. The number of ether oxygens (including phenoxy) is 1. The molecule has 8 nitrogen and oxygen atoms in total. The molecule has 3 aromatic rings. The SMILES string of the molecule is COC(=O)c1cc(C)nc(CNCc2ncc(CCC(N)=O)n2Cc2ccc(F)cc2)c1. The quantitative estimate of drug-likeness (QED) is 0.469. The molecule has 0 aliphatic heterocycles. The Kier molecular flexibility index (Phi) is 7.67. The van der Waals surface area contributed by atoms with Crippen molar-refractivity contribution >= 4 is 11.9 Å². The number of nitrogens with two attached hydrogens (primary N) is 1. The van der Waals surface area contributed by atoms with E-state index in [1.54, 1.807) is 30.5 Å². The van der Waals surface area contributed by atoms with E-state index in [9.17, 15) is 14.0 Å². The molecule has 2 heterocycles. The zero-order chi connectivity index (χ0) is 23.1. The number of esters is 1. The number of hydrogen-bond donors (Lipinski definition) is 2. The highest BCUT2D eigenvalue weighted by Gasteiger charge is 2.13. The maximum absolute atomic E-state index is 13.3. The van der Waals surface area contributed by atoms with Crippen LogP contribution in [0, 0.1) is 12.7 Å². The number of carbonyl (C=O) groups excluding carboxylic acids is 2. The number of benzene rings is 1. The van der Waals surface area contributed by atoms with Crippen molar-refractivity contribution in [2.24, 2.45) is 5.73 Å². The molecule has 0 saturated carbocycles. The number of amides is 1. The summed E-state index contributed by atoms with van der Waals surface area (Å²) in [5.41, 5.74) is 8.95. The Bertz CT molecular complexity index is 1100. The Morgan fingerprint density at radius 1 is 1.19 bits per heavy atom. The molecule has 32 heavy (non-hydrogen) atoms. The average Bonchev–Trinajstić information content (AvgIpc) is 3.14. The molecular formula is C23H26FN5O3. The molecule has 3 N–H and O–H groups in total. The second-order valence-corrected chi connectivity index (χ2v) is 7.43. The van der Waals surface area contributed by atoms with Crippen molar-refractivity contribution in [1.29, 1.82) is 0 Å². The van der Waals surface area contributed by atoms with E-state index in [-0.39, 0.29) is 18.1 Å². The van der Waals surface area contributed by atoms with Crippen molar-refractivity contribution in [3.05, 3.63) is 82.4 Å². The normalized spacial score (nSPS) is 10.8. The number of rotatable bonds is 10. The van der Waals surface area contributed by atoms with Gasteiger partial charge in [0.05, 0.1) is 24.9 Å². The summed E-state index contributed by atoms with van der Waals surface area (Å²) in [6.45, 7) is 3.16. The van der Waals surface area contributed by atoms with Crippen molar-refractivity contribution in [2.75, 3.05) is 7.11 Å². The number of imidazole rings is 1. The molecule has 0 unspecified atom stereocenters. The first kappa shape index (κ1) is 23.1. The minimum atomic E-state index is -0.411. The smallest absolute Gasteiger partial charge is 0.337 e. The van der Waals surface area contributed by atoms with Gasteiger partial charge in [-0.15, -0.1) is 0 Å². The maximum atomic E-state index is 13.3. The summed E-state index contributed by atoms with van der Waals surface area (Å²) in [5.74, 6) is -0.335. The van der Waals surface area contributed by atoms with Crippen molar-refractivity contribution in [1.82, 2.24) is 19.9 Å². The number of aromatic nitrogens is 3. The maximum Gasteiger partial charge on any atom is 0.337 e. The van der Waals surface area contributed by atoms with Gasteiger partial charge >= 0.3 is 5.97 Å². The summed E-state index contributed by atoms with van der Waals surface area (Å²) < 4.78 is 20.1. The van der Waals surface area contributed by atoms with Crippen LogP contribution in [-0.4, -0.2) is 33.5 Å². The van der Waals surface area contributed by atoms with Crippen LogP contribution in [0.4, 0.5) is 4.39 Å². The molecule has 0 fully saturated rings. The number of primary amides is 1. The second-order valence-electron chi connectivity index (χ2n) is 7.43. The molecule has 1 amide bonds. The molecule has 0 bridgehead atoms. The summed E-state index contributed by atoms with van der Waals surface area (Å²) in [6.07, 6.45) is 2.40. The fourth-order valence-electron chi connectivity index (χ4n) is 3.38. The van der Waals surface area contributed by atoms with E-state index >= 15 is 0 Å². The summed E-state index contributed by atoms with van der Waals surface area (Å²) >= 11 is 0. The first-order valence-electron chi connectivity index (χ1n) is 10.2.